The number of aryl methyl sites for hydroxylation is 1. The second kappa shape index (κ2) is 6.44. The minimum absolute atomic E-state index is 0.0348. The molecule has 106 valence electrons. The monoisotopic (exact) mass is 271 g/mol. The molecule has 1 fully saturated rings. The predicted molar refractivity (Wildman–Crippen MR) is 81.4 cm³/mol. The van der Waals surface area contributed by atoms with Gasteiger partial charge in [-0.2, -0.15) is 0 Å². The number of para-hydroxylation sites is 1. The van der Waals surface area contributed by atoms with Crippen LogP contribution in [0.2, 0.25) is 0 Å². The first kappa shape index (κ1) is 14.4. The highest BCUT2D eigenvalue weighted by molar-refractivity contribution is 5.82. The van der Waals surface area contributed by atoms with Crippen LogP contribution < -0.4 is 10.6 Å². The molecule has 4 nitrogen and oxygen atoms in total. The van der Waals surface area contributed by atoms with Gasteiger partial charge in [-0.05, 0) is 18.6 Å². The van der Waals surface area contributed by atoms with Gasteiger partial charge in [-0.15, -0.1) is 12.3 Å². The van der Waals surface area contributed by atoms with Crippen molar-refractivity contribution in [1.82, 2.24) is 4.90 Å². The highest BCUT2D eigenvalue weighted by atomic mass is 16.2. The quantitative estimate of drug-likeness (QED) is 0.834. The standard InChI is InChI=1S/C16H21N3O/c1-3-6-14(17)16(20)19-11-9-18(10-12-19)15-8-5-4-7-13(15)2/h1,4-5,7-8,14H,6,9-12,17H2,2H3. The number of nitrogens with zero attached hydrogens (tertiary/aromatic N) is 2. The molecule has 1 aliphatic rings. The Labute approximate surface area is 120 Å². The number of carbonyl (C=O) groups excluding carboxylic acids is 1. The molecule has 0 bridgehead atoms. The number of benzene rings is 1. The van der Waals surface area contributed by atoms with Gasteiger partial charge >= 0.3 is 0 Å². The molecule has 1 unspecified atom stereocenters. The number of terminal acetylenes is 1. The van der Waals surface area contributed by atoms with Crippen molar-refractivity contribution in [3.8, 4) is 12.3 Å². The normalized spacial score (nSPS) is 16.6. The second-order valence-electron chi connectivity index (χ2n) is 5.11. The predicted octanol–water partition coefficient (Wildman–Crippen LogP) is 0.994. The van der Waals surface area contributed by atoms with Gasteiger partial charge in [0.05, 0.1) is 6.04 Å². The van der Waals surface area contributed by atoms with Crippen LogP contribution >= 0.6 is 0 Å². The molecule has 1 saturated heterocycles. The van der Waals surface area contributed by atoms with Gasteiger partial charge in [0.25, 0.3) is 0 Å². The summed E-state index contributed by atoms with van der Waals surface area (Å²) in [6.45, 7) is 5.17. The number of hydrogen-bond acceptors (Lipinski definition) is 3. The van der Waals surface area contributed by atoms with Gasteiger partial charge in [0.1, 0.15) is 0 Å². The van der Waals surface area contributed by atoms with Crippen molar-refractivity contribution >= 4 is 11.6 Å². The number of amides is 1. The molecule has 0 aliphatic carbocycles. The van der Waals surface area contributed by atoms with E-state index in [4.69, 9.17) is 12.2 Å². The largest absolute Gasteiger partial charge is 0.368 e. The fraction of sp³-hybridized carbons (Fsp3) is 0.438. The van der Waals surface area contributed by atoms with Crippen LogP contribution in [0, 0.1) is 19.3 Å². The van der Waals surface area contributed by atoms with E-state index >= 15 is 0 Å². The van der Waals surface area contributed by atoms with Crippen molar-refractivity contribution in [2.75, 3.05) is 31.1 Å². The van der Waals surface area contributed by atoms with E-state index in [2.05, 4.69) is 29.9 Å². The molecule has 0 spiro atoms. The zero-order valence-electron chi connectivity index (χ0n) is 11.9. The van der Waals surface area contributed by atoms with Crippen LogP contribution in [0.25, 0.3) is 0 Å². The third kappa shape index (κ3) is 3.12. The minimum Gasteiger partial charge on any atom is -0.368 e. The van der Waals surface area contributed by atoms with Gasteiger partial charge in [-0.25, -0.2) is 0 Å². The molecule has 1 amide bonds. The lowest BCUT2D eigenvalue weighted by atomic mass is 10.1. The summed E-state index contributed by atoms with van der Waals surface area (Å²) in [6.07, 6.45) is 5.50. The van der Waals surface area contributed by atoms with E-state index in [1.807, 2.05) is 17.0 Å². The first-order valence-electron chi connectivity index (χ1n) is 6.92. The molecular weight excluding hydrogens is 250 g/mol. The van der Waals surface area contributed by atoms with E-state index in [0.717, 1.165) is 13.1 Å². The van der Waals surface area contributed by atoms with Crippen LogP contribution in [0.5, 0.6) is 0 Å². The molecule has 1 atom stereocenters. The number of hydrogen-bond donors (Lipinski definition) is 1. The maximum Gasteiger partial charge on any atom is 0.240 e. The molecule has 0 aromatic heterocycles. The van der Waals surface area contributed by atoms with Gasteiger partial charge in [0, 0.05) is 38.3 Å². The summed E-state index contributed by atoms with van der Waals surface area (Å²) in [4.78, 5) is 16.2. The molecule has 1 aromatic carbocycles. The van der Waals surface area contributed by atoms with Gasteiger partial charge in [-0.1, -0.05) is 18.2 Å². The van der Waals surface area contributed by atoms with Gasteiger partial charge < -0.3 is 15.5 Å². The maximum absolute atomic E-state index is 12.1. The van der Waals surface area contributed by atoms with E-state index in [1.54, 1.807) is 0 Å². The molecule has 20 heavy (non-hydrogen) atoms. The molecule has 2 N–H and O–H groups in total. The lowest BCUT2D eigenvalue weighted by Gasteiger charge is -2.37. The van der Waals surface area contributed by atoms with Crippen LogP contribution in [0.15, 0.2) is 24.3 Å². The smallest absolute Gasteiger partial charge is 0.240 e. The minimum atomic E-state index is -0.565. The zero-order chi connectivity index (χ0) is 14.5. The highest BCUT2D eigenvalue weighted by Gasteiger charge is 2.25. The second-order valence-corrected chi connectivity index (χ2v) is 5.11. The molecule has 1 heterocycles. The Morgan fingerprint density at radius 1 is 1.35 bits per heavy atom. The summed E-state index contributed by atoms with van der Waals surface area (Å²) >= 11 is 0. The lowest BCUT2D eigenvalue weighted by molar-refractivity contribution is -0.132. The Morgan fingerprint density at radius 2 is 2.00 bits per heavy atom. The fourth-order valence-corrected chi connectivity index (χ4v) is 2.53. The molecule has 1 aliphatic heterocycles. The molecule has 2 rings (SSSR count). The van der Waals surface area contributed by atoms with Crippen LogP contribution in [0.1, 0.15) is 12.0 Å². The third-order valence-electron chi connectivity index (χ3n) is 3.70. The van der Waals surface area contributed by atoms with Crippen molar-refractivity contribution in [2.24, 2.45) is 5.73 Å². The Balaban J connectivity index is 1.95. The van der Waals surface area contributed by atoms with Crippen LogP contribution in [-0.4, -0.2) is 43.0 Å². The van der Waals surface area contributed by atoms with Gasteiger partial charge in [0.15, 0.2) is 0 Å². The van der Waals surface area contributed by atoms with E-state index < -0.39 is 6.04 Å². The van der Waals surface area contributed by atoms with Crippen LogP contribution in [-0.2, 0) is 4.79 Å². The van der Waals surface area contributed by atoms with E-state index in [-0.39, 0.29) is 5.91 Å². The SMILES string of the molecule is C#CCC(N)C(=O)N1CCN(c2ccccc2C)CC1. The summed E-state index contributed by atoms with van der Waals surface area (Å²) in [6, 6.07) is 7.75. The third-order valence-corrected chi connectivity index (χ3v) is 3.70. The fourth-order valence-electron chi connectivity index (χ4n) is 2.53. The van der Waals surface area contributed by atoms with Crippen molar-refractivity contribution in [2.45, 2.75) is 19.4 Å². The number of anilines is 1. The maximum atomic E-state index is 12.1. The Hall–Kier alpha value is -1.99. The first-order chi connectivity index (χ1) is 9.63. The van der Waals surface area contributed by atoms with Crippen LogP contribution in [0.4, 0.5) is 5.69 Å². The summed E-state index contributed by atoms with van der Waals surface area (Å²) in [5, 5.41) is 0. The summed E-state index contributed by atoms with van der Waals surface area (Å²) in [7, 11) is 0. The molecular formula is C16H21N3O. The summed E-state index contributed by atoms with van der Waals surface area (Å²) in [5.41, 5.74) is 8.28. The lowest BCUT2D eigenvalue weighted by Crippen LogP contribution is -2.53. The number of piperazine rings is 1. The zero-order valence-corrected chi connectivity index (χ0v) is 11.9. The Bertz CT molecular complexity index is 513. The summed E-state index contributed by atoms with van der Waals surface area (Å²) in [5.74, 6) is 2.41. The van der Waals surface area contributed by atoms with Crippen molar-refractivity contribution < 1.29 is 4.79 Å². The van der Waals surface area contributed by atoms with E-state index in [1.165, 1.54) is 11.3 Å². The van der Waals surface area contributed by atoms with Crippen molar-refractivity contribution in [3.05, 3.63) is 29.8 Å². The van der Waals surface area contributed by atoms with Crippen LogP contribution in [0.3, 0.4) is 0 Å². The molecule has 1 aromatic rings. The average molecular weight is 271 g/mol. The Kier molecular flexibility index (Phi) is 4.65. The number of rotatable bonds is 3. The van der Waals surface area contributed by atoms with Gasteiger partial charge in [-0.3, -0.25) is 4.79 Å². The average Bonchev–Trinajstić information content (AvgIpc) is 2.47. The van der Waals surface area contributed by atoms with E-state index in [9.17, 15) is 4.79 Å². The van der Waals surface area contributed by atoms with Crippen molar-refractivity contribution in [1.29, 1.82) is 0 Å². The van der Waals surface area contributed by atoms with Gasteiger partial charge in [0.2, 0.25) is 5.91 Å². The number of carbonyl (C=O) groups is 1. The molecule has 0 saturated carbocycles. The highest BCUT2D eigenvalue weighted by Crippen LogP contribution is 2.20. The molecule has 0 radical (unpaired) electrons. The topological polar surface area (TPSA) is 49.6 Å². The molecule has 4 heteroatoms. The number of nitrogens with two attached hydrogens (primary N) is 1. The van der Waals surface area contributed by atoms with Crippen molar-refractivity contribution in [3.63, 3.8) is 0 Å². The summed E-state index contributed by atoms with van der Waals surface area (Å²) < 4.78 is 0. The first-order valence-corrected chi connectivity index (χ1v) is 6.92. The van der Waals surface area contributed by atoms with E-state index in [0.29, 0.717) is 19.5 Å². The Morgan fingerprint density at radius 3 is 2.60 bits per heavy atom.